The maximum absolute atomic E-state index is 5.80. The van der Waals surface area contributed by atoms with Gasteiger partial charge in [0.15, 0.2) is 0 Å². The molecule has 4 heteroatoms. The number of halogens is 1. The molecule has 0 amide bonds. The van der Waals surface area contributed by atoms with Crippen LogP contribution in [0.25, 0.3) is 0 Å². The van der Waals surface area contributed by atoms with E-state index in [-0.39, 0.29) is 0 Å². The lowest BCUT2D eigenvalue weighted by atomic mass is 10.2. The van der Waals surface area contributed by atoms with E-state index in [0.717, 1.165) is 15.9 Å². The third-order valence-corrected chi connectivity index (χ3v) is 3.16. The average molecular weight is 261 g/mol. The topological polar surface area (TPSA) is 38.4 Å². The molecular formula is C9H13BrN2S. The molecule has 1 aromatic heterocycles. The predicted octanol–water partition coefficient (Wildman–Crippen LogP) is 2.87. The molecule has 0 aliphatic heterocycles. The second-order valence-corrected chi connectivity index (χ2v) is 5.08. The summed E-state index contributed by atoms with van der Waals surface area (Å²) in [5.41, 5.74) is 5.80. The van der Waals surface area contributed by atoms with Crippen LogP contribution in [0.5, 0.6) is 0 Å². The average Bonchev–Trinajstić information content (AvgIpc) is 2.47. The van der Waals surface area contributed by atoms with Crippen molar-refractivity contribution in [2.45, 2.75) is 13.8 Å². The Kier molecular flexibility index (Phi) is 3.93. The summed E-state index contributed by atoms with van der Waals surface area (Å²) in [7, 11) is 0. The van der Waals surface area contributed by atoms with Crippen LogP contribution >= 0.6 is 27.3 Å². The minimum absolute atomic E-state index is 0.557. The van der Waals surface area contributed by atoms with Crippen molar-refractivity contribution in [3.8, 4) is 0 Å². The van der Waals surface area contributed by atoms with Gasteiger partial charge in [0.05, 0.1) is 4.88 Å². The van der Waals surface area contributed by atoms with Gasteiger partial charge in [-0.25, -0.2) is 0 Å². The molecule has 0 radical (unpaired) electrons. The summed E-state index contributed by atoms with van der Waals surface area (Å²) in [4.78, 5) is 5.33. The van der Waals surface area contributed by atoms with Crippen molar-refractivity contribution < 1.29 is 0 Å². The number of amidine groups is 1. The first-order valence-corrected chi connectivity index (χ1v) is 5.81. The molecule has 2 N–H and O–H groups in total. The van der Waals surface area contributed by atoms with Gasteiger partial charge in [-0.2, -0.15) is 0 Å². The van der Waals surface area contributed by atoms with Gasteiger partial charge >= 0.3 is 0 Å². The Morgan fingerprint density at radius 3 is 2.85 bits per heavy atom. The van der Waals surface area contributed by atoms with Crippen molar-refractivity contribution in [1.82, 2.24) is 0 Å². The first-order valence-electron chi connectivity index (χ1n) is 4.14. The molecule has 0 saturated heterocycles. The normalized spacial score (nSPS) is 12.5. The van der Waals surface area contributed by atoms with Crippen molar-refractivity contribution in [2.75, 3.05) is 6.54 Å². The Hall–Kier alpha value is -0.350. The molecule has 1 aromatic rings. The maximum atomic E-state index is 5.80. The first kappa shape index (κ1) is 10.7. The van der Waals surface area contributed by atoms with E-state index < -0.39 is 0 Å². The molecule has 0 bridgehead atoms. The third-order valence-electron chi connectivity index (χ3n) is 1.45. The zero-order chi connectivity index (χ0) is 9.84. The van der Waals surface area contributed by atoms with Crippen LogP contribution in [0.3, 0.4) is 0 Å². The lowest BCUT2D eigenvalue weighted by Gasteiger charge is -2.00. The molecule has 0 spiro atoms. The van der Waals surface area contributed by atoms with Gasteiger partial charge in [-0.05, 0) is 27.9 Å². The van der Waals surface area contributed by atoms with Crippen LogP contribution < -0.4 is 5.73 Å². The molecule has 1 rings (SSSR count). The third kappa shape index (κ3) is 3.48. The molecule has 0 unspecified atom stereocenters. The number of nitrogens with zero attached hydrogens (tertiary/aromatic N) is 1. The summed E-state index contributed by atoms with van der Waals surface area (Å²) in [6.45, 7) is 5.05. The van der Waals surface area contributed by atoms with Crippen LogP contribution in [0.1, 0.15) is 18.7 Å². The Balaban J connectivity index is 2.67. The molecule has 0 saturated carbocycles. The quantitative estimate of drug-likeness (QED) is 0.659. The monoisotopic (exact) mass is 260 g/mol. The molecule has 72 valence electrons. The Labute approximate surface area is 91.0 Å². The fraction of sp³-hybridized carbons (Fsp3) is 0.444. The Morgan fingerprint density at radius 1 is 1.69 bits per heavy atom. The second kappa shape index (κ2) is 4.77. The summed E-state index contributed by atoms with van der Waals surface area (Å²) in [5.74, 6) is 1.20. The van der Waals surface area contributed by atoms with Gasteiger partial charge in [0, 0.05) is 16.4 Å². The molecule has 2 nitrogen and oxygen atoms in total. The molecule has 0 aliphatic rings. The standard InChI is InChI=1S/C9H13BrN2S/c1-6(2)4-12-9(11)8-3-7(10)5-13-8/h3,5-6H,4H2,1-2H3,(H2,11,12). The van der Waals surface area contributed by atoms with E-state index in [0.29, 0.717) is 11.8 Å². The second-order valence-electron chi connectivity index (χ2n) is 3.25. The summed E-state index contributed by atoms with van der Waals surface area (Å²) in [6, 6.07) is 1.99. The van der Waals surface area contributed by atoms with Crippen molar-refractivity contribution in [3.63, 3.8) is 0 Å². The number of rotatable bonds is 3. The Morgan fingerprint density at radius 2 is 2.38 bits per heavy atom. The van der Waals surface area contributed by atoms with Gasteiger partial charge in [-0.3, -0.25) is 4.99 Å². The van der Waals surface area contributed by atoms with Crippen molar-refractivity contribution in [3.05, 3.63) is 20.8 Å². The first-order chi connectivity index (χ1) is 6.09. The van der Waals surface area contributed by atoms with E-state index in [2.05, 4.69) is 34.8 Å². The summed E-state index contributed by atoms with van der Waals surface area (Å²) < 4.78 is 1.06. The van der Waals surface area contributed by atoms with E-state index in [1.807, 2.05) is 11.4 Å². The zero-order valence-corrected chi connectivity index (χ0v) is 10.2. The van der Waals surface area contributed by atoms with Crippen LogP contribution in [-0.2, 0) is 0 Å². The molecule has 0 atom stereocenters. The fourth-order valence-corrected chi connectivity index (χ4v) is 2.15. The van der Waals surface area contributed by atoms with Gasteiger partial charge < -0.3 is 5.73 Å². The largest absolute Gasteiger partial charge is 0.383 e. The zero-order valence-electron chi connectivity index (χ0n) is 7.75. The number of hydrogen-bond donors (Lipinski definition) is 1. The minimum atomic E-state index is 0.557. The van der Waals surface area contributed by atoms with Crippen LogP contribution in [-0.4, -0.2) is 12.4 Å². The number of thiophene rings is 1. The van der Waals surface area contributed by atoms with Crippen LogP contribution in [0, 0.1) is 5.92 Å². The molecule has 0 aromatic carbocycles. The van der Waals surface area contributed by atoms with Crippen LogP contribution in [0.2, 0.25) is 0 Å². The van der Waals surface area contributed by atoms with Crippen molar-refractivity contribution >= 4 is 33.1 Å². The number of hydrogen-bond acceptors (Lipinski definition) is 2. The summed E-state index contributed by atoms with van der Waals surface area (Å²) in [6.07, 6.45) is 0. The van der Waals surface area contributed by atoms with E-state index in [1.165, 1.54) is 0 Å². The van der Waals surface area contributed by atoms with Gasteiger partial charge in [-0.1, -0.05) is 13.8 Å². The van der Waals surface area contributed by atoms with E-state index in [9.17, 15) is 0 Å². The highest BCUT2D eigenvalue weighted by Gasteiger charge is 2.01. The van der Waals surface area contributed by atoms with Gasteiger partial charge in [0.2, 0.25) is 0 Å². The van der Waals surface area contributed by atoms with Crippen LogP contribution in [0.4, 0.5) is 0 Å². The highest BCUT2D eigenvalue weighted by Crippen LogP contribution is 2.19. The fourth-order valence-electron chi connectivity index (χ4n) is 0.806. The summed E-state index contributed by atoms with van der Waals surface area (Å²) in [5, 5.41) is 2.01. The van der Waals surface area contributed by atoms with Gasteiger partial charge in [0.1, 0.15) is 5.84 Å². The maximum Gasteiger partial charge on any atom is 0.135 e. The van der Waals surface area contributed by atoms with E-state index in [1.54, 1.807) is 11.3 Å². The lowest BCUT2D eigenvalue weighted by Crippen LogP contribution is -2.13. The minimum Gasteiger partial charge on any atom is -0.383 e. The summed E-state index contributed by atoms with van der Waals surface area (Å²) >= 11 is 4.99. The van der Waals surface area contributed by atoms with Gasteiger partial charge in [0.25, 0.3) is 0 Å². The van der Waals surface area contributed by atoms with Crippen LogP contribution in [0.15, 0.2) is 20.9 Å². The van der Waals surface area contributed by atoms with Gasteiger partial charge in [-0.15, -0.1) is 11.3 Å². The molecule has 0 aliphatic carbocycles. The van der Waals surface area contributed by atoms with Crippen molar-refractivity contribution in [1.29, 1.82) is 0 Å². The highest BCUT2D eigenvalue weighted by atomic mass is 79.9. The molecular weight excluding hydrogens is 248 g/mol. The lowest BCUT2D eigenvalue weighted by molar-refractivity contribution is 0.665. The number of aliphatic imine (C=N–C) groups is 1. The van der Waals surface area contributed by atoms with E-state index >= 15 is 0 Å². The molecule has 0 fully saturated rings. The number of nitrogens with two attached hydrogens (primary N) is 1. The highest BCUT2D eigenvalue weighted by molar-refractivity contribution is 9.10. The molecule has 1 heterocycles. The van der Waals surface area contributed by atoms with E-state index in [4.69, 9.17) is 5.73 Å². The predicted molar refractivity (Wildman–Crippen MR) is 62.4 cm³/mol. The molecule has 13 heavy (non-hydrogen) atoms. The SMILES string of the molecule is CC(C)CN=C(N)c1cc(Br)cs1. The smallest absolute Gasteiger partial charge is 0.135 e. The Bertz CT molecular complexity index is 304. The van der Waals surface area contributed by atoms with Crippen molar-refractivity contribution in [2.24, 2.45) is 16.6 Å².